The molecule has 2 heterocycles. The van der Waals surface area contributed by atoms with Gasteiger partial charge in [-0.3, -0.25) is 4.79 Å². The molecule has 5 heteroatoms. The summed E-state index contributed by atoms with van der Waals surface area (Å²) < 4.78 is 7.62. The van der Waals surface area contributed by atoms with Crippen LogP contribution in [0.1, 0.15) is 17.0 Å². The number of hydrogen-bond donors (Lipinski definition) is 1. The first kappa shape index (κ1) is 12.9. The Hall–Kier alpha value is -2.14. The second-order valence-corrected chi connectivity index (χ2v) is 4.85. The molecule has 104 valence electrons. The summed E-state index contributed by atoms with van der Waals surface area (Å²) in [5.41, 5.74) is 3.09. The number of nitrogens with zero attached hydrogens (tertiary/aromatic N) is 2. The molecule has 0 radical (unpaired) electrons. The van der Waals surface area contributed by atoms with Crippen LogP contribution in [0.2, 0.25) is 0 Å². The Morgan fingerprint density at radius 1 is 1.30 bits per heavy atom. The van der Waals surface area contributed by atoms with Gasteiger partial charge in [-0.2, -0.15) is 0 Å². The second-order valence-electron chi connectivity index (χ2n) is 4.85. The lowest BCUT2D eigenvalue weighted by molar-refractivity contribution is -0.120. The van der Waals surface area contributed by atoms with Crippen molar-refractivity contribution in [3.05, 3.63) is 53.6 Å². The normalized spacial score (nSPS) is 14.5. The van der Waals surface area contributed by atoms with E-state index in [1.165, 1.54) is 0 Å². The van der Waals surface area contributed by atoms with Crippen LogP contribution in [0.25, 0.3) is 0 Å². The van der Waals surface area contributed by atoms with Crippen LogP contribution in [-0.2, 0) is 35.7 Å². The predicted octanol–water partition coefficient (Wildman–Crippen LogP) is 1.27. The monoisotopic (exact) mass is 271 g/mol. The Morgan fingerprint density at radius 3 is 3.00 bits per heavy atom. The average molecular weight is 271 g/mol. The number of aromatic nitrogens is 2. The van der Waals surface area contributed by atoms with Gasteiger partial charge in [-0.25, -0.2) is 4.98 Å². The van der Waals surface area contributed by atoms with E-state index >= 15 is 0 Å². The minimum atomic E-state index is 0.0496. The maximum atomic E-state index is 11.6. The number of amides is 1. The molecule has 20 heavy (non-hydrogen) atoms. The molecule has 1 aromatic carbocycles. The fraction of sp³-hybridized carbons (Fsp3) is 0.333. The number of fused-ring (bicyclic) bond motifs is 1. The van der Waals surface area contributed by atoms with Crippen molar-refractivity contribution < 1.29 is 9.53 Å². The van der Waals surface area contributed by atoms with Gasteiger partial charge in [0, 0.05) is 13.0 Å². The van der Waals surface area contributed by atoms with Crippen molar-refractivity contribution in [3.8, 4) is 0 Å². The zero-order chi connectivity index (χ0) is 13.8. The van der Waals surface area contributed by atoms with E-state index in [1.807, 2.05) is 34.9 Å². The number of carbonyl (C=O) groups excluding carboxylic acids is 1. The third-order valence-electron chi connectivity index (χ3n) is 3.39. The maximum Gasteiger partial charge on any atom is 0.226 e. The second kappa shape index (κ2) is 5.88. The minimum absolute atomic E-state index is 0.0496. The molecule has 0 saturated carbocycles. The molecule has 0 saturated heterocycles. The molecule has 1 N–H and O–H groups in total. The molecule has 2 aromatic rings. The highest BCUT2D eigenvalue weighted by atomic mass is 16.5. The molecule has 1 aliphatic rings. The fourth-order valence-corrected chi connectivity index (χ4v) is 2.34. The molecular weight excluding hydrogens is 254 g/mol. The third kappa shape index (κ3) is 2.88. The summed E-state index contributed by atoms with van der Waals surface area (Å²) >= 11 is 0. The molecular formula is C15H17N3O2. The Morgan fingerprint density at radius 2 is 2.15 bits per heavy atom. The topological polar surface area (TPSA) is 56.2 Å². The molecule has 1 aromatic heterocycles. The van der Waals surface area contributed by atoms with Crippen molar-refractivity contribution in [2.75, 3.05) is 6.54 Å². The van der Waals surface area contributed by atoms with E-state index in [1.54, 1.807) is 6.33 Å². The van der Waals surface area contributed by atoms with Gasteiger partial charge in [0.2, 0.25) is 5.91 Å². The zero-order valence-corrected chi connectivity index (χ0v) is 11.2. The van der Waals surface area contributed by atoms with Crippen molar-refractivity contribution in [3.63, 3.8) is 0 Å². The number of carbonyl (C=O) groups is 1. The molecule has 1 aliphatic heterocycles. The molecule has 0 fully saturated rings. The highest BCUT2D eigenvalue weighted by Crippen LogP contribution is 2.12. The first-order valence-corrected chi connectivity index (χ1v) is 6.74. The number of ether oxygens (including phenoxy) is 1. The third-order valence-corrected chi connectivity index (χ3v) is 3.39. The quantitative estimate of drug-likeness (QED) is 0.911. The lowest BCUT2D eigenvalue weighted by Gasteiger charge is -2.09. The van der Waals surface area contributed by atoms with Gasteiger partial charge in [-0.1, -0.05) is 30.3 Å². The maximum absolute atomic E-state index is 11.6. The van der Waals surface area contributed by atoms with Crippen molar-refractivity contribution in [1.29, 1.82) is 0 Å². The number of rotatable bonds is 4. The number of imidazole rings is 1. The van der Waals surface area contributed by atoms with Crippen LogP contribution in [0, 0.1) is 0 Å². The lowest BCUT2D eigenvalue weighted by Crippen LogP contribution is -2.25. The van der Waals surface area contributed by atoms with Gasteiger partial charge in [0.1, 0.15) is 6.73 Å². The molecule has 1 amide bonds. The first-order chi connectivity index (χ1) is 9.83. The number of nitrogens with one attached hydrogen (secondary N) is 1. The summed E-state index contributed by atoms with van der Waals surface area (Å²) in [5, 5.41) is 2.85. The van der Waals surface area contributed by atoms with Crippen LogP contribution >= 0.6 is 0 Å². The molecule has 0 spiro atoms. The summed E-state index contributed by atoms with van der Waals surface area (Å²) in [6.07, 6.45) is 2.92. The highest BCUT2D eigenvalue weighted by Gasteiger charge is 2.18. The minimum Gasteiger partial charge on any atom is -0.356 e. The van der Waals surface area contributed by atoms with Gasteiger partial charge in [-0.15, -0.1) is 0 Å². The highest BCUT2D eigenvalue weighted by molar-refractivity contribution is 5.78. The smallest absolute Gasteiger partial charge is 0.226 e. The van der Waals surface area contributed by atoms with Crippen molar-refractivity contribution in [2.45, 2.75) is 26.2 Å². The van der Waals surface area contributed by atoms with E-state index in [-0.39, 0.29) is 5.91 Å². The van der Waals surface area contributed by atoms with E-state index in [2.05, 4.69) is 10.3 Å². The molecule has 0 aliphatic carbocycles. The van der Waals surface area contributed by atoms with Gasteiger partial charge >= 0.3 is 0 Å². The van der Waals surface area contributed by atoms with Crippen LogP contribution in [0.3, 0.4) is 0 Å². The Bertz CT molecular complexity index is 592. The van der Waals surface area contributed by atoms with Crippen LogP contribution in [0.4, 0.5) is 0 Å². The molecule has 0 bridgehead atoms. The van der Waals surface area contributed by atoms with Crippen molar-refractivity contribution in [2.24, 2.45) is 0 Å². The first-order valence-electron chi connectivity index (χ1n) is 6.74. The molecule has 3 rings (SSSR count). The Kier molecular flexibility index (Phi) is 3.78. The average Bonchev–Trinajstić information content (AvgIpc) is 2.73. The van der Waals surface area contributed by atoms with Crippen LogP contribution < -0.4 is 5.32 Å². The van der Waals surface area contributed by atoms with Crippen molar-refractivity contribution >= 4 is 5.91 Å². The van der Waals surface area contributed by atoms with Crippen molar-refractivity contribution in [1.82, 2.24) is 14.9 Å². The number of hydrogen-bond acceptors (Lipinski definition) is 3. The van der Waals surface area contributed by atoms with E-state index in [0.717, 1.165) is 23.4 Å². The molecule has 5 nitrogen and oxygen atoms in total. The largest absolute Gasteiger partial charge is 0.356 e. The van der Waals surface area contributed by atoms with Gasteiger partial charge < -0.3 is 14.6 Å². The standard InChI is InChI=1S/C15H17N3O2/c19-15-8-14-13(6-7-16-15)17-10-18(14)11-20-9-12-4-2-1-3-5-12/h1-5,10H,6-9,11H2,(H,16,19). The molecule has 0 unspecified atom stereocenters. The summed E-state index contributed by atoms with van der Waals surface area (Å²) in [4.78, 5) is 16.0. The molecule has 0 atom stereocenters. The lowest BCUT2D eigenvalue weighted by atomic mass is 10.2. The summed E-state index contributed by atoms with van der Waals surface area (Å²) in [6.45, 7) is 1.64. The van der Waals surface area contributed by atoms with E-state index in [4.69, 9.17) is 4.74 Å². The van der Waals surface area contributed by atoms with Gasteiger partial charge in [-0.05, 0) is 5.56 Å². The SMILES string of the molecule is O=C1Cc2c(ncn2COCc2ccccc2)CCN1. The predicted molar refractivity (Wildman–Crippen MR) is 73.9 cm³/mol. The van der Waals surface area contributed by atoms with E-state index < -0.39 is 0 Å². The Balaban J connectivity index is 1.64. The summed E-state index contributed by atoms with van der Waals surface area (Å²) in [6, 6.07) is 10.0. The summed E-state index contributed by atoms with van der Waals surface area (Å²) in [7, 11) is 0. The summed E-state index contributed by atoms with van der Waals surface area (Å²) in [5.74, 6) is 0.0496. The zero-order valence-electron chi connectivity index (χ0n) is 11.2. The fourth-order valence-electron chi connectivity index (χ4n) is 2.34. The van der Waals surface area contributed by atoms with Gasteiger partial charge in [0.15, 0.2) is 0 Å². The van der Waals surface area contributed by atoms with Gasteiger partial charge in [0.05, 0.1) is 30.7 Å². The van der Waals surface area contributed by atoms with E-state index in [0.29, 0.717) is 26.3 Å². The van der Waals surface area contributed by atoms with Crippen LogP contribution in [0.15, 0.2) is 36.7 Å². The Labute approximate surface area is 117 Å². The number of benzene rings is 1. The van der Waals surface area contributed by atoms with Gasteiger partial charge in [0.25, 0.3) is 0 Å². The van der Waals surface area contributed by atoms with E-state index in [9.17, 15) is 4.79 Å². The van der Waals surface area contributed by atoms with Crippen LogP contribution in [-0.4, -0.2) is 22.0 Å². The van der Waals surface area contributed by atoms with Crippen LogP contribution in [0.5, 0.6) is 0 Å².